The summed E-state index contributed by atoms with van der Waals surface area (Å²) in [5.41, 5.74) is 1.23. The molecule has 0 fully saturated rings. The zero-order valence-electron chi connectivity index (χ0n) is 13.1. The van der Waals surface area contributed by atoms with E-state index in [1.807, 2.05) is 26.2 Å². The van der Waals surface area contributed by atoms with Gasteiger partial charge < -0.3 is 14.3 Å². The van der Waals surface area contributed by atoms with Gasteiger partial charge >= 0.3 is 0 Å². The zero-order valence-corrected chi connectivity index (χ0v) is 13.1. The molecule has 0 amide bonds. The van der Waals surface area contributed by atoms with Crippen LogP contribution in [0, 0.1) is 13.8 Å². The first-order valence-electron chi connectivity index (χ1n) is 7.53. The van der Waals surface area contributed by atoms with E-state index in [9.17, 15) is 0 Å². The minimum absolute atomic E-state index is 0.537. The number of fused-ring (bicyclic) bond motifs is 1. The Kier molecular flexibility index (Phi) is 4.04. The van der Waals surface area contributed by atoms with Crippen LogP contribution in [0.3, 0.4) is 0 Å². The predicted molar refractivity (Wildman–Crippen MR) is 83.8 cm³/mol. The van der Waals surface area contributed by atoms with Gasteiger partial charge in [-0.3, -0.25) is 0 Å². The number of nitrogens with one attached hydrogen (secondary N) is 1. The average molecular weight is 300 g/mol. The molecule has 22 heavy (non-hydrogen) atoms. The van der Waals surface area contributed by atoms with Crippen LogP contribution in [0.15, 0.2) is 16.8 Å². The maximum absolute atomic E-state index is 5.47. The number of imidazole rings is 1. The van der Waals surface area contributed by atoms with E-state index in [0.717, 1.165) is 37.6 Å². The molecule has 3 heterocycles. The Morgan fingerprint density at radius 3 is 2.91 bits per heavy atom. The summed E-state index contributed by atoms with van der Waals surface area (Å²) in [6.45, 7) is 7.51. The van der Waals surface area contributed by atoms with Crippen LogP contribution in [-0.2, 0) is 13.0 Å². The SMILES string of the molecule is CCc1nccn1CCCNc1nc(C)nc2oc(C)nc12. The van der Waals surface area contributed by atoms with Gasteiger partial charge in [0.2, 0.25) is 0 Å². The summed E-state index contributed by atoms with van der Waals surface area (Å²) < 4.78 is 7.65. The highest BCUT2D eigenvalue weighted by Crippen LogP contribution is 2.20. The van der Waals surface area contributed by atoms with E-state index in [1.54, 1.807) is 0 Å². The topological polar surface area (TPSA) is 81.7 Å². The van der Waals surface area contributed by atoms with Crippen molar-refractivity contribution in [2.45, 2.75) is 40.2 Å². The molecular weight excluding hydrogens is 280 g/mol. The van der Waals surface area contributed by atoms with Gasteiger partial charge in [-0.2, -0.15) is 4.98 Å². The number of rotatable bonds is 6. The molecule has 0 atom stereocenters. The zero-order chi connectivity index (χ0) is 15.5. The van der Waals surface area contributed by atoms with Gasteiger partial charge in [0.1, 0.15) is 11.6 Å². The smallest absolute Gasteiger partial charge is 0.252 e. The third-order valence-electron chi connectivity index (χ3n) is 3.46. The van der Waals surface area contributed by atoms with E-state index in [2.05, 4.69) is 36.7 Å². The summed E-state index contributed by atoms with van der Waals surface area (Å²) in [7, 11) is 0. The van der Waals surface area contributed by atoms with Crippen LogP contribution in [0.1, 0.15) is 30.9 Å². The lowest BCUT2D eigenvalue weighted by atomic mass is 10.3. The van der Waals surface area contributed by atoms with Crippen molar-refractivity contribution in [3.63, 3.8) is 0 Å². The molecule has 7 heteroatoms. The van der Waals surface area contributed by atoms with Crippen molar-refractivity contribution >= 4 is 17.0 Å². The van der Waals surface area contributed by atoms with E-state index in [0.29, 0.717) is 22.9 Å². The summed E-state index contributed by atoms with van der Waals surface area (Å²) in [5.74, 6) is 3.13. The van der Waals surface area contributed by atoms with Crippen molar-refractivity contribution in [1.29, 1.82) is 0 Å². The van der Waals surface area contributed by atoms with Crippen LogP contribution in [0.4, 0.5) is 5.82 Å². The maximum Gasteiger partial charge on any atom is 0.252 e. The quantitative estimate of drug-likeness (QED) is 0.704. The molecule has 0 saturated heterocycles. The summed E-state index contributed by atoms with van der Waals surface area (Å²) in [6, 6.07) is 0. The molecule has 1 N–H and O–H groups in total. The summed E-state index contributed by atoms with van der Waals surface area (Å²) in [5, 5.41) is 3.33. The van der Waals surface area contributed by atoms with Gasteiger partial charge in [0.05, 0.1) is 0 Å². The van der Waals surface area contributed by atoms with E-state index < -0.39 is 0 Å². The Bertz CT molecular complexity index is 776. The minimum atomic E-state index is 0.537. The number of oxazole rings is 1. The van der Waals surface area contributed by atoms with Crippen LogP contribution >= 0.6 is 0 Å². The monoisotopic (exact) mass is 300 g/mol. The highest BCUT2D eigenvalue weighted by atomic mass is 16.4. The Hall–Kier alpha value is -2.44. The Labute approximate surface area is 128 Å². The highest BCUT2D eigenvalue weighted by molar-refractivity contribution is 5.81. The molecule has 116 valence electrons. The molecule has 0 aromatic carbocycles. The molecular formula is C15H20N6O. The average Bonchev–Trinajstić information content (AvgIpc) is 3.08. The van der Waals surface area contributed by atoms with Crippen molar-refractivity contribution < 1.29 is 4.42 Å². The van der Waals surface area contributed by atoms with Gasteiger partial charge in [0.15, 0.2) is 17.2 Å². The third kappa shape index (κ3) is 2.93. The van der Waals surface area contributed by atoms with E-state index in [-0.39, 0.29) is 0 Å². The largest absolute Gasteiger partial charge is 0.422 e. The van der Waals surface area contributed by atoms with Crippen LogP contribution < -0.4 is 5.32 Å². The van der Waals surface area contributed by atoms with E-state index in [4.69, 9.17) is 4.42 Å². The first-order chi connectivity index (χ1) is 10.7. The molecule has 0 radical (unpaired) electrons. The number of aryl methyl sites for hydroxylation is 4. The van der Waals surface area contributed by atoms with Gasteiger partial charge in [-0.25, -0.2) is 15.0 Å². The summed E-state index contributed by atoms with van der Waals surface area (Å²) in [4.78, 5) is 17.3. The molecule has 3 aromatic rings. The lowest BCUT2D eigenvalue weighted by Crippen LogP contribution is -2.10. The van der Waals surface area contributed by atoms with Crippen LogP contribution in [0.25, 0.3) is 11.2 Å². The second-order valence-electron chi connectivity index (χ2n) is 5.18. The number of nitrogens with zero attached hydrogens (tertiary/aromatic N) is 5. The number of hydrogen-bond acceptors (Lipinski definition) is 6. The van der Waals surface area contributed by atoms with Gasteiger partial charge in [-0.15, -0.1) is 0 Å². The van der Waals surface area contributed by atoms with Gasteiger partial charge in [-0.05, 0) is 13.3 Å². The minimum Gasteiger partial charge on any atom is -0.422 e. The van der Waals surface area contributed by atoms with Crippen molar-refractivity contribution in [2.24, 2.45) is 0 Å². The third-order valence-corrected chi connectivity index (χ3v) is 3.46. The lowest BCUT2D eigenvalue weighted by Gasteiger charge is -2.08. The standard InChI is InChI=1S/C15H20N6O/c1-4-12-16-7-9-21(12)8-5-6-17-14-13-15(19-10(2)18-14)22-11(3)20-13/h7,9H,4-6,8H2,1-3H3,(H,17,18,19). The molecule has 0 aliphatic heterocycles. The normalized spacial score (nSPS) is 11.2. The number of aromatic nitrogens is 5. The van der Waals surface area contributed by atoms with Gasteiger partial charge in [0, 0.05) is 38.8 Å². The second kappa shape index (κ2) is 6.13. The Morgan fingerprint density at radius 2 is 2.09 bits per heavy atom. The molecule has 0 aliphatic rings. The fourth-order valence-electron chi connectivity index (χ4n) is 2.47. The first kappa shape index (κ1) is 14.5. The molecule has 0 bridgehead atoms. The van der Waals surface area contributed by atoms with Crippen molar-refractivity contribution in [2.75, 3.05) is 11.9 Å². The highest BCUT2D eigenvalue weighted by Gasteiger charge is 2.11. The first-order valence-corrected chi connectivity index (χ1v) is 7.53. The molecule has 3 aromatic heterocycles. The fourth-order valence-corrected chi connectivity index (χ4v) is 2.47. The molecule has 3 rings (SSSR count). The van der Waals surface area contributed by atoms with Crippen LogP contribution in [0.2, 0.25) is 0 Å². The molecule has 0 unspecified atom stereocenters. The molecule has 0 spiro atoms. The number of anilines is 1. The van der Waals surface area contributed by atoms with E-state index >= 15 is 0 Å². The molecule has 0 aliphatic carbocycles. The summed E-state index contributed by atoms with van der Waals surface area (Å²) >= 11 is 0. The second-order valence-corrected chi connectivity index (χ2v) is 5.18. The van der Waals surface area contributed by atoms with Gasteiger partial charge in [-0.1, -0.05) is 6.92 Å². The predicted octanol–water partition coefficient (Wildman–Crippen LogP) is 2.50. The maximum atomic E-state index is 5.47. The summed E-state index contributed by atoms with van der Waals surface area (Å²) in [6.07, 6.45) is 5.80. The van der Waals surface area contributed by atoms with Crippen molar-refractivity contribution in [3.8, 4) is 0 Å². The lowest BCUT2D eigenvalue weighted by molar-refractivity contribution is 0.550. The fraction of sp³-hybridized carbons (Fsp3) is 0.467. The molecule has 0 saturated carbocycles. The van der Waals surface area contributed by atoms with E-state index in [1.165, 1.54) is 0 Å². The number of hydrogen-bond donors (Lipinski definition) is 1. The van der Waals surface area contributed by atoms with Crippen LogP contribution in [0.5, 0.6) is 0 Å². The Balaban J connectivity index is 1.64. The van der Waals surface area contributed by atoms with Gasteiger partial charge in [0.25, 0.3) is 5.71 Å². The van der Waals surface area contributed by atoms with Crippen LogP contribution in [-0.4, -0.2) is 31.0 Å². The van der Waals surface area contributed by atoms with Crippen molar-refractivity contribution in [1.82, 2.24) is 24.5 Å². The molecule has 7 nitrogen and oxygen atoms in total. The Morgan fingerprint density at radius 1 is 1.23 bits per heavy atom. The van der Waals surface area contributed by atoms with Crippen molar-refractivity contribution in [3.05, 3.63) is 29.9 Å².